The third kappa shape index (κ3) is 5.10. The van der Waals surface area contributed by atoms with Crippen molar-refractivity contribution in [1.29, 1.82) is 0 Å². The van der Waals surface area contributed by atoms with Crippen LogP contribution in [0.25, 0.3) is 11.4 Å². The smallest absolute Gasteiger partial charge is 0.270 e. The summed E-state index contributed by atoms with van der Waals surface area (Å²) in [6.45, 7) is 0.529. The molecule has 4 rings (SSSR count). The molecule has 0 saturated heterocycles. The Morgan fingerprint density at radius 2 is 1.83 bits per heavy atom. The van der Waals surface area contributed by atoms with E-state index in [-0.39, 0.29) is 5.91 Å². The highest BCUT2D eigenvalue weighted by Gasteiger charge is 2.22. The minimum absolute atomic E-state index is 0.197. The van der Waals surface area contributed by atoms with Crippen LogP contribution in [0.2, 0.25) is 0 Å². The Bertz CT molecular complexity index is 970. The second kappa shape index (κ2) is 8.73. The zero-order valence-electron chi connectivity index (χ0n) is 16.4. The molecule has 2 N–H and O–H groups in total. The maximum Gasteiger partial charge on any atom is 0.270 e. The first kappa shape index (κ1) is 18.9. The predicted octanol–water partition coefficient (Wildman–Crippen LogP) is 3.70. The summed E-state index contributed by atoms with van der Waals surface area (Å²) in [6, 6.07) is 19.7. The van der Waals surface area contributed by atoms with Gasteiger partial charge in [0.05, 0.1) is 7.11 Å². The largest absolute Gasteiger partial charge is 0.497 e. The Hall–Kier alpha value is -3.41. The summed E-state index contributed by atoms with van der Waals surface area (Å²) in [5.74, 6) is 1.87. The Morgan fingerprint density at radius 1 is 1.07 bits per heavy atom. The summed E-state index contributed by atoms with van der Waals surface area (Å²) in [5, 5.41) is 6.33. The molecule has 1 saturated carbocycles. The second-order valence-corrected chi connectivity index (χ2v) is 7.10. The lowest BCUT2D eigenvalue weighted by Gasteiger charge is -2.10. The number of rotatable bonds is 8. The molecular formula is C23H24N4O2. The van der Waals surface area contributed by atoms with Crippen LogP contribution < -0.4 is 15.4 Å². The Morgan fingerprint density at radius 3 is 2.52 bits per heavy atom. The van der Waals surface area contributed by atoms with Crippen molar-refractivity contribution < 1.29 is 9.53 Å². The molecule has 6 nitrogen and oxygen atoms in total. The van der Waals surface area contributed by atoms with Crippen LogP contribution in [-0.2, 0) is 6.42 Å². The van der Waals surface area contributed by atoms with E-state index < -0.39 is 0 Å². The van der Waals surface area contributed by atoms with Crippen LogP contribution in [0.1, 0.15) is 28.9 Å². The molecule has 0 spiro atoms. The van der Waals surface area contributed by atoms with Gasteiger partial charge in [-0.15, -0.1) is 0 Å². The average molecular weight is 388 g/mol. The van der Waals surface area contributed by atoms with E-state index in [0.717, 1.165) is 36.1 Å². The van der Waals surface area contributed by atoms with E-state index in [0.29, 0.717) is 29.9 Å². The zero-order chi connectivity index (χ0) is 20.1. The number of nitrogens with one attached hydrogen (secondary N) is 2. The summed E-state index contributed by atoms with van der Waals surface area (Å²) in [7, 11) is 1.65. The van der Waals surface area contributed by atoms with E-state index in [1.54, 1.807) is 13.2 Å². The van der Waals surface area contributed by atoms with Crippen molar-refractivity contribution in [3.63, 3.8) is 0 Å². The number of anilines is 1. The van der Waals surface area contributed by atoms with Crippen molar-refractivity contribution in [1.82, 2.24) is 15.3 Å². The van der Waals surface area contributed by atoms with Crippen LogP contribution in [0.3, 0.4) is 0 Å². The highest BCUT2D eigenvalue weighted by atomic mass is 16.5. The fourth-order valence-electron chi connectivity index (χ4n) is 2.99. The van der Waals surface area contributed by atoms with Gasteiger partial charge in [-0.25, -0.2) is 9.97 Å². The van der Waals surface area contributed by atoms with E-state index in [1.807, 2.05) is 54.6 Å². The number of nitrogens with zero attached hydrogens (tertiary/aromatic N) is 2. The summed E-state index contributed by atoms with van der Waals surface area (Å²) < 4.78 is 5.17. The standard InChI is InChI=1S/C23H24N4O2/c1-29-19-11-7-16(8-12-19)13-14-24-23(28)20-15-21(25-18-9-10-18)27-22(26-20)17-5-3-2-4-6-17/h2-8,11-12,15,18H,9-10,13-14H2,1H3,(H,24,28)(H,25,26,27). The van der Waals surface area contributed by atoms with Gasteiger partial charge in [-0.3, -0.25) is 4.79 Å². The molecule has 1 amide bonds. The van der Waals surface area contributed by atoms with Gasteiger partial charge in [0, 0.05) is 24.2 Å². The van der Waals surface area contributed by atoms with Crippen molar-refractivity contribution in [3.05, 3.63) is 71.9 Å². The van der Waals surface area contributed by atoms with E-state index in [2.05, 4.69) is 20.6 Å². The quantitative estimate of drug-likeness (QED) is 0.615. The van der Waals surface area contributed by atoms with Crippen LogP contribution >= 0.6 is 0 Å². The maximum absolute atomic E-state index is 12.7. The van der Waals surface area contributed by atoms with Gasteiger partial charge in [0.25, 0.3) is 5.91 Å². The molecule has 0 atom stereocenters. The summed E-state index contributed by atoms with van der Waals surface area (Å²) in [5.41, 5.74) is 2.39. The molecule has 1 aliphatic carbocycles. The molecule has 148 valence electrons. The minimum Gasteiger partial charge on any atom is -0.497 e. The molecule has 0 radical (unpaired) electrons. The molecule has 3 aromatic rings. The monoisotopic (exact) mass is 388 g/mol. The Kier molecular flexibility index (Phi) is 5.70. The molecule has 0 aliphatic heterocycles. The lowest BCUT2D eigenvalue weighted by Crippen LogP contribution is -2.27. The van der Waals surface area contributed by atoms with E-state index in [9.17, 15) is 4.79 Å². The molecule has 6 heteroatoms. The number of hydrogen-bond acceptors (Lipinski definition) is 5. The van der Waals surface area contributed by atoms with Crippen molar-refractivity contribution in [3.8, 4) is 17.1 Å². The average Bonchev–Trinajstić information content (AvgIpc) is 3.58. The number of hydrogen-bond donors (Lipinski definition) is 2. The number of carbonyl (C=O) groups excluding carboxylic acids is 1. The SMILES string of the molecule is COc1ccc(CCNC(=O)c2cc(NC3CC3)nc(-c3ccccc3)n2)cc1. The summed E-state index contributed by atoms with van der Waals surface area (Å²) in [6.07, 6.45) is 3.00. The van der Waals surface area contributed by atoms with Crippen molar-refractivity contribution >= 4 is 11.7 Å². The third-order valence-corrected chi connectivity index (χ3v) is 4.78. The summed E-state index contributed by atoms with van der Waals surface area (Å²) >= 11 is 0. The molecule has 0 unspecified atom stereocenters. The third-order valence-electron chi connectivity index (χ3n) is 4.78. The van der Waals surface area contributed by atoms with Gasteiger partial charge in [-0.2, -0.15) is 0 Å². The van der Waals surface area contributed by atoms with Crippen molar-refractivity contribution in [2.45, 2.75) is 25.3 Å². The van der Waals surface area contributed by atoms with Crippen LogP contribution in [-0.4, -0.2) is 35.6 Å². The van der Waals surface area contributed by atoms with Gasteiger partial charge in [0.1, 0.15) is 17.3 Å². The van der Waals surface area contributed by atoms with Crippen LogP contribution in [0.4, 0.5) is 5.82 Å². The summed E-state index contributed by atoms with van der Waals surface area (Å²) in [4.78, 5) is 21.8. The first-order valence-electron chi connectivity index (χ1n) is 9.83. The first-order chi connectivity index (χ1) is 14.2. The van der Waals surface area contributed by atoms with Gasteiger partial charge < -0.3 is 15.4 Å². The fraction of sp³-hybridized carbons (Fsp3) is 0.261. The van der Waals surface area contributed by atoms with Gasteiger partial charge in [-0.1, -0.05) is 42.5 Å². The maximum atomic E-state index is 12.7. The predicted molar refractivity (Wildman–Crippen MR) is 113 cm³/mol. The first-order valence-corrected chi connectivity index (χ1v) is 9.83. The molecule has 2 aromatic carbocycles. The van der Waals surface area contributed by atoms with E-state index in [1.165, 1.54) is 0 Å². The molecule has 1 fully saturated rings. The lowest BCUT2D eigenvalue weighted by molar-refractivity contribution is 0.0949. The number of carbonyl (C=O) groups is 1. The highest BCUT2D eigenvalue weighted by Crippen LogP contribution is 2.25. The van der Waals surface area contributed by atoms with Gasteiger partial charge in [-0.05, 0) is 37.0 Å². The van der Waals surface area contributed by atoms with Crippen LogP contribution in [0, 0.1) is 0 Å². The molecule has 1 aromatic heterocycles. The van der Waals surface area contributed by atoms with E-state index >= 15 is 0 Å². The number of aromatic nitrogens is 2. The van der Waals surface area contributed by atoms with Gasteiger partial charge >= 0.3 is 0 Å². The molecule has 1 heterocycles. The van der Waals surface area contributed by atoms with E-state index in [4.69, 9.17) is 4.74 Å². The van der Waals surface area contributed by atoms with Crippen LogP contribution in [0.5, 0.6) is 5.75 Å². The topological polar surface area (TPSA) is 76.1 Å². The van der Waals surface area contributed by atoms with Gasteiger partial charge in [0.2, 0.25) is 0 Å². The Balaban J connectivity index is 1.46. The number of amides is 1. The molecule has 29 heavy (non-hydrogen) atoms. The molecule has 0 bridgehead atoms. The molecular weight excluding hydrogens is 364 g/mol. The second-order valence-electron chi connectivity index (χ2n) is 7.10. The fourth-order valence-corrected chi connectivity index (χ4v) is 2.99. The number of methoxy groups -OCH3 is 1. The molecule has 1 aliphatic rings. The van der Waals surface area contributed by atoms with Crippen molar-refractivity contribution in [2.24, 2.45) is 0 Å². The number of benzene rings is 2. The zero-order valence-corrected chi connectivity index (χ0v) is 16.4. The lowest BCUT2D eigenvalue weighted by atomic mass is 10.1. The van der Waals surface area contributed by atoms with Crippen LogP contribution in [0.15, 0.2) is 60.7 Å². The number of ether oxygens (including phenoxy) is 1. The minimum atomic E-state index is -0.197. The van der Waals surface area contributed by atoms with Gasteiger partial charge in [0.15, 0.2) is 5.82 Å². The highest BCUT2D eigenvalue weighted by molar-refractivity contribution is 5.93. The van der Waals surface area contributed by atoms with Crippen molar-refractivity contribution in [2.75, 3.05) is 19.0 Å². The normalized spacial score (nSPS) is 13.0. The Labute approximate surface area is 170 Å².